The Balaban J connectivity index is 1.88. The molecule has 13 heteroatoms. The molecule has 10 nitrogen and oxygen atoms in total. The Kier molecular flexibility index (Phi) is 4.69. The first-order valence-corrected chi connectivity index (χ1v) is 7.82. The van der Waals surface area contributed by atoms with Crippen molar-refractivity contribution in [3.63, 3.8) is 0 Å². The standard InChI is InChI=1S/C14H16F3N5O5/c1-7-3-22(12(26)18-11(7)25)10-2-9(24)13(6-23,27-10)5-21-4-8(19-20-21)14(15,16)17/h3-4,9-10,23-24H,2,5-6H2,1H3,(H,18,25,26)/t9-,10+,13+/m0/s1. The van der Waals surface area contributed by atoms with E-state index in [0.717, 1.165) is 9.25 Å². The predicted octanol–water partition coefficient (Wildman–Crippen LogP) is -0.834. The van der Waals surface area contributed by atoms with Crippen molar-refractivity contribution in [2.75, 3.05) is 6.61 Å². The highest BCUT2D eigenvalue weighted by Crippen LogP contribution is 2.37. The summed E-state index contributed by atoms with van der Waals surface area (Å²) in [5.74, 6) is 0. The zero-order chi connectivity index (χ0) is 20.0. The van der Waals surface area contributed by atoms with Crippen molar-refractivity contribution in [2.24, 2.45) is 0 Å². The maximum absolute atomic E-state index is 12.7. The van der Waals surface area contributed by atoms with E-state index < -0.39 is 54.2 Å². The Morgan fingerprint density at radius 3 is 2.70 bits per heavy atom. The number of halogens is 3. The lowest BCUT2D eigenvalue weighted by Gasteiger charge is -2.29. The van der Waals surface area contributed by atoms with E-state index in [2.05, 4.69) is 15.3 Å². The summed E-state index contributed by atoms with van der Waals surface area (Å²) in [5.41, 5.74) is -4.07. The summed E-state index contributed by atoms with van der Waals surface area (Å²) in [6.07, 6.45) is -5.32. The van der Waals surface area contributed by atoms with E-state index in [-0.39, 0.29) is 12.0 Å². The Hall–Kier alpha value is -2.51. The van der Waals surface area contributed by atoms with Gasteiger partial charge in [-0.25, -0.2) is 9.48 Å². The van der Waals surface area contributed by atoms with Crippen molar-refractivity contribution in [1.82, 2.24) is 24.5 Å². The smallest absolute Gasteiger partial charge is 0.393 e. The van der Waals surface area contributed by atoms with Crippen molar-refractivity contribution < 1.29 is 28.1 Å². The van der Waals surface area contributed by atoms with Gasteiger partial charge in [0.05, 0.1) is 25.5 Å². The molecule has 0 amide bonds. The van der Waals surface area contributed by atoms with Crippen LogP contribution in [0.1, 0.15) is 23.9 Å². The minimum Gasteiger partial charge on any atom is -0.393 e. The molecule has 27 heavy (non-hydrogen) atoms. The average molecular weight is 391 g/mol. The SMILES string of the molecule is Cc1cn([C@H]2C[C@H](O)[C@](CO)(Cn3cc(C(F)(F)F)nn3)O2)c(=O)[nH]c1=O. The first-order valence-electron chi connectivity index (χ1n) is 7.82. The molecule has 1 aliphatic rings. The number of ether oxygens (including phenoxy) is 1. The maximum atomic E-state index is 12.7. The highest BCUT2D eigenvalue weighted by Gasteiger charge is 2.49. The molecule has 0 aromatic carbocycles. The van der Waals surface area contributed by atoms with E-state index in [1.165, 1.54) is 13.1 Å². The Labute approximate surface area is 148 Å². The third-order valence-corrected chi connectivity index (χ3v) is 4.39. The van der Waals surface area contributed by atoms with Crippen molar-refractivity contribution in [3.05, 3.63) is 44.5 Å². The quantitative estimate of drug-likeness (QED) is 0.619. The van der Waals surface area contributed by atoms with Gasteiger partial charge >= 0.3 is 11.9 Å². The lowest BCUT2D eigenvalue weighted by Crippen LogP contribution is -2.47. The molecule has 3 heterocycles. The van der Waals surface area contributed by atoms with Crippen LogP contribution in [0.4, 0.5) is 13.2 Å². The summed E-state index contributed by atoms with van der Waals surface area (Å²) in [6, 6.07) is 0. The second-order valence-corrected chi connectivity index (χ2v) is 6.32. The molecule has 0 saturated carbocycles. The number of rotatable bonds is 4. The molecule has 3 N–H and O–H groups in total. The maximum Gasteiger partial charge on any atom is 0.436 e. The van der Waals surface area contributed by atoms with Gasteiger partial charge in [0.25, 0.3) is 5.56 Å². The van der Waals surface area contributed by atoms with Crippen molar-refractivity contribution in [2.45, 2.75) is 44.0 Å². The molecule has 1 aliphatic heterocycles. The van der Waals surface area contributed by atoms with Crippen LogP contribution in [-0.4, -0.2) is 53.1 Å². The van der Waals surface area contributed by atoms with Gasteiger partial charge in [-0.3, -0.25) is 14.3 Å². The first kappa shape index (κ1) is 19.3. The number of alkyl halides is 3. The normalized spacial score (nSPS) is 25.9. The van der Waals surface area contributed by atoms with E-state index in [4.69, 9.17) is 4.74 Å². The fourth-order valence-corrected chi connectivity index (χ4v) is 2.89. The van der Waals surface area contributed by atoms with E-state index in [0.29, 0.717) is 6.20 Å². The number of aromatic nitrogens is 5. The highest BCUT2D eigenvalue weighted by atomic mass is 19.4. The van der Waals surface area contributed by atoms with Crippen LogP contribution in [-0.2, 0) is 17.5 Å². The molecule has 0 unspecified atom stereocenters. The highest BCUT2D eigenvalue weighted by molar-refractivity contribution is 5.04. The summed E-state index contributed by atoms with van der Waals surface area (Å²) in [5, 5.41) is 26.4. The molecule has 148 valence electrons. The molecular weight excluding hydrogens is 375 g/mol. The van der Waals surface area contributed by atoms with Crippen LogP contribution in [0.5, 0.6) is 0 Å². The third-order valence-electron chi connectivity index (χ3n) is 4.39. The first-order chi connectivity index (χ1) is 12.6. The van der Waals surface area contributed by atoms with Crippen LogP contribution in [0.2, 0.25) is 0 Å². The molecular formula is C14H16F3N5O5. The number of nitrogens with zero attached hydrogens (tertiary/aromatic N) is 4. The zero-order valence-corrected chi connectivity index (χ0v) is 14.0. The van der Waals surface area contributed by atoms with E-state index in [1.807, 2.05) is 0 Å². The largest absolute Gasteiger partial charge is 0.436 e. The van der Waals surface area contributed by atoms with Gasteiger partial charge in [0.2, 0.25) is 0 Å². The number of hydrogen-bond acceptors (Lipinski definition) is 7. The van der Waals surface area contributed by atoms with Gasteiger partial charge in [0.15, 0.2) is 5.69 Å². The summed E-state index contributed by atoms with van der Waals surface area (Å²) in [4.78, 5) is 25.5. The van der Waals surface area contributed by atoms with Crippen LogP contribution in [0.15, 0.2) is 22.0 Å². The molecule has 3 rings (SSSR count). The molecule has 3 atom stereocenters. The van der Waals surface area contributed by atoms with E-state index >= 15 is 0 Å². The fourth-order valence-electron chi connectivity index (χ4n) is 2.89. The minimum atomic E-state index is -4.69. The van der Waals surface area contributed by atoms with Gasteiger partial charge < -0.3 is 14.9 Å². The monoisotopic (exact) mass is 391 g/mol. The van der Waals surface area contributed by atoms with Gasteiger partial charge in [-0.1, -0.05) is 5.21 Å². The second kappa shape index (κ2) is 6.58. The van der Waals surface area contributed by atoms with E-state index in [9.17, 15) is 33.0 Å². The lowest BCUT2D eigenvalue weighted by molar-refractivity contribution is -0.142. The molecule has 0 bridgehead atoms. The van der Waals surface area contributed by atoms with E-state index in [1.54, 1.807) is 0 Å². The molecule has 1 fully saturated rings. The number of aromatic amines is 1. The molecule has 2 aromatic heterocycles. The second-order valence-electron chi connectivity index (χ2n) is 6.32. The molecule has 0 spiro atoms. The minimum absolute atomic E-state index is 0.132. The fraction of sp³-hybridized carbons (Fsp3) is 0.571. The topological polar surface area (TPSA) is 135 Å². The van der Waals surface area contributed by atoms with Gasteiger partial charge in [-0.05, 0) is 6.92 Å². The summed E-state index contributed by atoms with van der Waals surface area (Å²) in [6.45, 7) is 0.290. The Bertz CT molecular complexity index is 952. The van der Waals surface area contributed by atoms with Gasteiger partial charge in [-0.15, -0.1) is 5.10 Å². The van der Waals surface area contributed by atoms with Crippen molar-refractivity contribution in [1.29, 1.82) is 0 Å². The zero-order valence-electron chi connectivity index (χ0n) is 14.0. The number of aliphatic hydroxyl groups is 2. The van der Waals surface area contributed by atoms with Crippen LogP contribution >= 0.6 is 0 Å². The van der Waals surface area contributed by atoms with Crippen LogP contribution in [0.3, 0.4) is 0 Å². The Morgan fingerprint density at radius 2 is 2.11 bits per heavy atom. The molecule has 0 radical (unpaired) electrons. The number of H-pyrrole nitrogens is 1. The van der Waals surface area contributed by atoms with Crippen LogP contribution in [0, 0.1) is 6.92 Å². The van der Waals surface area contributed by atoms with Gasteiger partial charge in [0, 0.05) is 18.2 Å². The number of aryl methyl sites for hydroxylation is 1. The summed E-state index contributed by atoms with van der Waals surface area (Å²) >= 11 is 0. The molecule has 2 aromatic rings. The van der Waals surface area contributed by atoms with Gasteiger partial charge in [0.1, 0.15) is 11.8 Å². The lowest BCUT2D eigenvalue weighted by atomic mass is 9.97. The van der Waals surface area contributed by atoms with Crippen LogP contribution in [0.25, 0.3) is 0 Å². The van der Waals surface area contributed by atoms with Gasteiger partial charge in [-0.2, -0.15) is 13.2 Å². The number of nitrogens with one attached hydrogen (secondary N) is 1. The van der Waals surface area contributed by atoms with Crippen molar-refractivity contribution in [3.8, 4) is 0 Å². The predicted molar refractivity (Wildman–Crippen MR) is 81.6 cm³/mol. The van der Waals surface area contributed by atoms with Crippen LogP contribution < -0.4 is 11.2 Å². The molecule has 0 aliphatic carbocycles. The number of hydrogen-bond donors (Lipinski definition) is 3. The Morgan fingerprint density at radius 1 is 1.41 bits per heavy atom. The number of aliphatic hydroxyl groups excluding tert-OH is 2. The average Bonchev–Trinajstić information content (AvgIpc) is 3.17. The summed E-state index contributed by atoms with van der Waals surface area (Å²) in [7, 11) is 0. The third kappa shape index (κ3) is 3.52. The molecule has 1 saturated heterocycles. The summed E-state index contributed by atoms with van der Waals surface area (Å²) < 4.78 is 45.4. The van der Waals surface area contributed by atoms with Crippen molar-refractivity contribution >= 4 is 0 Å².